The largest absolute Gasteiger partial charge is 0.493 e. The van der Waals surface area contributed by atoms with Gasteiger partial charge in [-0.25, -0.2) is 0 Å². The van der Waals surface area contributed by atoms with Crippen molar-refractivity contribution in [3.05, 3.63) is 47.9 Å². The summed E-state index contributed by atoms with van der Waals surface area (Å²) in [5, 5.41) is 8.40. The standard InChI is InChI=1S/C23H26N4O3/c1-5-16-17-12-15(23-26-21(30-27-23)10-11-24-2)6-8-18(17)25-22(16)14-7-9-19(28-3)20(13-14)29-4/h6-9,12-13,24-25H,5,10-11H2,1-4H3. The van der Waals surface area contributed by atoms with Gasteiger partial charge in [0.2, 0.25) is 11.7 Å². The van der Waals surface area contributed by atoms with Gasteiger partial charge < -0.3 is 24.3 Å². The van der Waals surface area contributed by atoms with Gasteiger partial charge in [0.1, 0.15) is 0 Å². The van der Waals surface area contributed by atoms with Crippen molar-refractivity contribution in [3.8, 4) is 34.1 Å². The van der Waals surface area contributed by atoms with Crippen LogP contribution in [0.25, 0.3) is 33.5 Å². The maximum Gasteiger partial charge on any atom is 0.228 e. The van der Waals surface area contributed by atoms with Gasteiger partial charge in [-0.05, 0) is 55.4 Å². The zero-order valence-electron chi connectivity index (χ0n) is 17.7. The molecule has 0 spiro atoms. The quantitative estimate of drug-likeness (QED) is 0.456. The molecule has 0 radical (unpaired) electrons. The SMILES string of the molecule is CCc1c(-c2ccc(OC)c(OC)c2)[nH]c2ccc(-c3noc(CCNC)n3)cc12. The van der Waals surface area contributed by atoms with Crippen LogP contribution in [0.4, 0.5) is 0 Å². The van der Waals surface area contributed by atoms with E-state index in [4.69, 9.17) is 14.0 Å². The summed E-state index contributed by atoms with van der Waals surface area (Å²) < 4.78 is 16.2. The first-order valence-electron chi connectivity index (χ1n) is 10.0. The molecule has 7 heteroatoms. The molecule has 2 heterocycles. The molecule has 0 unspecified atom stereocenters. The minimum atomic E-state index is 0.610. The predicted octanol–water partition coefficient (Wildman–Crippen LogP) is 4.23. The van der Waals surface area contributed by atoms with Crippen molar-refractivity contribution < 1.29 is 14.0 Å². The maximum absolute atomic E-state index is 5.48. The zero-order chi connectivity index (χ0) is 21.1. The highest BCUT2D eigenvalue weighted by atomic mass is 16.5. The van der Waals surface area contributed by atoms with Crippen molar-refractivity contribution in [2.75, 3.05) is 27.8 Å². The maximum atomic E-state index is 5.48. The summed E-state index contributed by atoms with van der Waals surface area (Å²) in [5.41, 5.74) is 5.37. The molecule has 2 N–H and O–H groups in total. The highest BCUT2D eigenvalue weighted by Gasteiger charge is 2.16. The van der Waals surface area contributed by atoms with Crippen LogP contribution in [-0.2, 0) is 12.8 Å². The van der Waals surface area contributed by atoms with E-state index in [0.29, 0.717) is 29.6 Å². The summed E-state index contributed by atoms with van der Waals surface area (Å²) in [6, 6.07) is 12.2. The smallest absolute Gasteiger partial charge is 0.228 e. The minimum absolute atomic E-state index is 0.610. The lowest BCUT2D eigenvalue weighted by molar-refractivity contribution is 0.355. The predicted molar refractivity (Wildman–Crippen MR) is 117 cm³/mol. The van der Waals surface area contributed by atoms with Crippen LogP contribution in [0.5, 0.6) is 11.5 Å². The fraction of sp³-hybridized carbons (Fsp3) is 0.304. The Morgan fingerprint density at radius 1 is 1.03 bits per heavy atom. The monoisotopic (exact) mass is 406 g/mol. The number of hydrogen-bond donors (Lipinski definition) is 2. The van der Waals surface area contributed by atoms with E-state index in [-0.39, 0.29) is 0 Å². The van der Waals surface area contributed by atoms with Gasteiger partial charge in [-0.1, -0.05) is 12.1 Å². The number of nitrogens with one attached hydrogen (secondary N) is 2. The molecule has 2 aromatic carbocycles. The number of aryl methyl sites for hydroxylation is 1. The van der Waals surface area contributed by atoms with Crippen LogP contribution in [-0.4, -0.2) is 42.9 Å². The van der Waals surface area contributed by atoms with E-state index in [1.54, 1.807) is 14.2 Å². The lowest BCUT2D eigenvalue weighted by Crippen LogP contribution is -2.10. The number of rotatable bonds is 8. The van der Waals surface area contributed by atoms with Crippen LogP contribution in [0.1, 0.15) is 18.4 Å². The van der Waals surface area contributed by atoms with Crippen LogP contribution in [0.2, 0.25) is 0 Å². The highest BCUT2D eigenvalue weighted by molar-refractivity contribution is 5.93. The van der Waals surface area contributed by atoms with Gasteiger partial charge >= 0.3 is 0 Å². The number of aromatic nitrogens is 3. The molecule has 0 aliphatic heterocycles. The number of fused-ring (bicyclic) bond motifs is 1. The van der Waals surface area contributed by atoms with Crippen LogP contribution in [0.15, 0.2) is 40.9 Å². The molecular weight excluding hydrogens is 380 g/mol. The van der Waals surface area contributed by atoms with Gasteiger partial charge in [0.05, 0.1) is 14.2 Å². The van der Waals surface area contributed by atoms with Crippen LogP contribution in [0, 0.1) is 0 Å². The Labute approximate surface area is 175 Å². The average molecular weight is 406 g/mol. The number of likely N-dealkylation sites (N-methyl/N-ethyl adjacent to an activating group) is 1. The van der Waals surface area contributed by atoms with E-state index in [2.05, 4.69) is 39.5 Å². The first kappa shape index (κ1) is 20.0. The van der Waals surface area contributed by atoms with Crippen molar-refractivity contribution in [1.29, 1.82) is 0 Å². The third-order valence-corrected chi connectivity index (χ3v) is 5.25. The second-order valence-electron chi connectivity index (χ2n) is 7.03. The first-order valence-corrected chi connectivity index (χ1v) is 10.0. The molecule has 2 aromatic heterocycles. The molecule has 0 bridgehead atoms. The van der Waals surface area contributed by atoms with Crippen molar-refractivity contribution in [1.82, 2.24) is 20.4 Å². The van der Waals surface area contributed by atoms with Gasteiger partial charge in [-0.2, -0.15) is 4.98 Å². The molecule has 0 amide bonds. The molecule has 4 rings (SSSR count). The van der Waals surface area contributed by atoms with E-state index in [9.17, 15) is 0 Å². The fourth-order valence-corrected chi connectivity index (χ4v) is 3.70. The zero-order valence-corrected chi connectivity index (χ0v) is 17.7. The lowest BCUT2D eigenvalue weighted by Gasteiger charge is -2.10. The Morgan fingerprint density at radius 3 is 2.57 bits per heavy atom. The van der Waals surface area contributed by atoms with E-state index < -0.39 is 0 Å². The van der Waals surface area contributed by atoms with Crippen LogP contribution in [0.3, 0.4) is 0 Å². The molecule has 0 fully saturated rings. The highest BCUT2D eigenvalue weighted by Crippen LogP contribution is 2.37. The van der Waals surface area contributed by atoms with Gasteiger partial charge in [-0.3, -0.25) is 0 Å². The summed E-state index contributed by atoms with van der Waals surface area (Å²) >= 11 is 0. The summed E-state index contributed by atoms with van der Waals surface area (Å²) in [6.45, 7) is 2.96. The Balaban J connectivity index is 1.76. The molecule has 30 heavy (non-hydrogen) atoms. The van der Waals surface area contributed by atoms with Crippen molar-refractivity contribution >= 4 is 10.9 Å². The van der Waals surface area contributed by atoms with Crippen LogP contribution >= 0.6 is 0 Å². The Bertz CT molecular complexity index is 1160. The normalized spacial score (nSPS) is 11.2. The Kier molecular flexibility index (Phi) is 5.72. The first-order chi connectivity index (χ1) is 14.7. The van der Waals surface area contributed by atoms with Gasteiger partial charge in [0.25, 0.3) is 0 Å². The molecule has 0 saturated heterocycles. The van der Waals surface area contributed by atoms with Crippen molar-refractivity contribution in [3.63, 3.8) is 0 Å². The molecule has 0 aliphatic rings. The molecule has 4 aromatic rings. The van der Waals surface area contributed by atoms with Gasteiger partial charge in [-0.15, -0.1) is 0 Å². The van der Waals surface area contributed by atoms with E-state index in [1.165, 1.54) is 5.56 Å². The Morgan fingerprint density at radius 2 is 1.83 bits per heavy atom. The van der Waals surface area contributed by atoms with Crippen molar-refractivity contribution in [2.45, 2.75) is 19.8 Å². The third-order valence-electron chi connectivity index (χ3n) is 5.25. The Hall–Kier alpha value is -3.32. The number of ether oxygens (including phenoxy) is 2. The van der Waals surface area contributed by atoms with Crippen LogP contribution < -0.4 is 14.8 Å². The van der Waals surface area contributed by atoms with Gasteiger partial charge in [0, 0.05) is 40.7 Å². The minimum Gasteiger partial charge on any atom is -0.493 e. The molecule has 0 atom stereocenters. The number of methoxy groups -OCH3 is 2. The molecular formula is C23H26N4O3. The fourth-order valence-electron chi connectivity index (χ4n) is 3.70. The second-order valence-corrected chi connectivity index (χ2v) is 7.03. The van der Waals surface area contributed by atoms with E-state index in [1.807, 2.05) is 31.3 Å². The molecule has 7 nitrogen and oxygen atoms in total. The number of nitrogens with zero attached hydrogens (tertiary/aromatic N) is 2. The number of hydrogen-bond acceptors (Lipinski definition) is 6. The summed E-state index contributed by atoms with van der Waals surface area (Å²) in [6.07, 6.45) is 1.59. The van der Waals surface area contributed by atoms with Gasteiger partial charge in [0.15, 0.2) is 11.5 Å². The average Bonchev–Trinajstić information content (AvgIpc) is 3.41. The van der Waals surface area contributed by atoms with E-state index >= 15 is 0 Å². The second kappa shape index (κ2) is 8.59. The third kappa shape index (κ3) is 3.64. The summed E-state index contributed by atoms with van der Waals surface area (Å²) in [4.78, 5) is 8.09. The molecule has 0 saturated carbocycles. The lowest BCUT2D eigenvalue weighted by atomic mass is 10.0. The molecule has 0 aliphatic carbocycles. The molecule has 156 valence electrons. The number of H-pyrrole nitrogens is 1. The van der Waals surface area contributed by atoms with E-state index in [0.717, 1.165) is 40.7 Å². The number of benzene rings is 2. The number of aromatic amines is 1. The van der Waals surface area contributed by atoms with Crippen molar-refractivity contribution in [2.24, 2.45) is 0 Å². The summed E-state index contributed by atoms with van der Waals surface area (Å²) in [5.74, 6) is 2.66. The summed E-state index contributed by atoms with van der Waals surface area (Å²) in [7, 11) is 5.19. The topological polar surface area (TPSA) is 85.2 Å².